The zero-order valence-corrected chi connectivity index (χ0v) is 7.94. The topological polar surface area (TPSA) is 0 Å². The standard InChI is InChI=1S/C7H15I/c1-7-3-5-8(2)6-4-7/h7H,3-6H2,1-2H3. The van der Waals surface area contributed by atoms with Crippen molar-refractivity contribution in [3.63, 3.8) is 0 Å². The van der Waals surface area contributed by atoms with Gasteiger partial charge in [-0.1, -0.05) is 0 Å². The molecule has 0 aliphatic carbocycles. The van der Waals surface area contributed by atoms with Gasteiger partial charge in [-0.3, -0.25) is 0 Å². The van der Waals surface area contributed by atoms with E-state index in [2.05, 4.69) is 11.9 Å². The van der Waals surface area contributed by atoms with Crippen LogP contribution >= 0.6 is 19.8 Å². The van der Waals surface area contributed by atoms with Gasteiger partial charge in [0.05, 0.1) is 0 Å². The summed E-state index contributed by atoms with van der Waals surface area (Å²) in [6.07, 6.45) is 3.09. The number of halogens is 1. The van der Waals surface area contributed by atoms with Crippen molar-refractivity contribution in [3.8, 4) is 0 Å². The van der Waals surface area contributed by atoms with Gasteiger partial charge in [-0.15, -0.1) is 0 Å². The average Bonchev–Trinajstić information content (AvgIpc) is 1.77. The fourth-order valence-corrected chi connectivity index (χ4v) is 5.78. The zero-order valence-electron chi connectivity index (χ0n) is 5.78. The van der Waals surface area contributed by atoms with Gasteiger partial charge in [0.15, 0.2) is 0 Å². The Kier molecular flexibility index (Phi) is 2.60. The third-order valence-electron chi connectivity index (χ3n) is 1.85. The van der Waals surface area contributed by atoms with Crippen LogP contribution in [0.2, 0.25) is 0 Å². The second kappa shape index (κ2) is 3.04. The Bertz CT molecular complexity index is 52.8. The van der Waals surface area contributed by atoms with Gasteiger partial charge in [-0.2, -0.15) is 0 Å². The van der Waals surface area contributed by atoms with Gasteiger partial charge >= 0.3 is 59.3 Å². The van der Waals surface area contributed by atoms with E-state index in [4.69, 9.17) is 0 Å². The van der Waals surface area contributed by atoms with Crippen LogP contribution in [0.25, 0.3) is 0 Å². The summed E-state index contributed by atoms with van der Waals surface area (Å²) in [4.78, 5) is 2.52. The molecule has 1 fully saturated rings. The predicted molar refractivity (Wildman–Crippen MR) is 48.1 cm³/mol. The third kappa shape index (κ3) is 1.92. The normalized spacial score (nSPS) is 28.5. The summed E-state index contributed by atoms with van der Waals surface area (Å²) in [5.74, 6) is 1.06. The molecule has 1 rings (SSSR count). The van der Waals surface area contributed by atoms with Crippen molar-refractivity contribution in [2.45, 2.75) is 19.8 Å². The molecule has 1 saturated heterocycles. The number of alkyl halides is 3. The Labute approximate surface area is 59.4 Å². The Morgan fingerprint density at radius 2 is 1.75 bits per heavy atom. The van der Waals surface area contributed by atoms with Crippen LogP contribution in [0.4, 0.5) is 0 Å². The average molecular weight is 226 g/mol. The van der Waals surface area contributed by atoms with E-state index in [9.17, 15) is 0 Å². The van der Waals surface area contributed by atoms with E-state index in [0.29, 0.717) is 0 Å². The maximum absolute atomic E-state index is 2.52. The van der Waals surface area contributed by atoms with Gasteiger partial charge in [0.1, 0.15) is 0 Å². The summed E-state index contributed by atoms with van der Waals surface area (Å²) in [5, 5.41) is 0. The van der Waals surface area contributed by atoms with E-state index in [1.54, 1.807) is 21.7 Å². The predicted octanol–water partition coefficient (Wildman–Crippen LogP) is 2.55. The molecule has 0 spiro atoms. The minimum absolute atomic E-state index is 0.281. The Morgan fingerprint density at radius 3 is 2.12 bits per heavy atom. The van der Waals surface area contributed by atoms with Crippen molar-refractivity contribution in [1.29, 1.82) is 0 Å². The summed E-state index contributed by atoms with van der Waals surface area (Å²) in [7, 11) is 0. The molecule has 0 N–H and O–H groups in total. The Balaban J connectivity index is 2.19. The van der Waals surface area contributed by atoms with Crippen LogP contribution in [0.15, 0.2) is 0 Å². The third-order valence-corrected chi connectivity index (χ3v) is 6.78. The molecule has 0 nitrogen and oxygen atoms in total. The second-order valence-corrected chi connectivity index (χ2v) is 9.07. The first-order valence-corrected chi connectivity index (χ1v) is 8.51. The molecule has 0 saturated carbocycles. The van der Waals surface area contributed by atoms with Crippen molar-refractivity contribution in [2.75, 3.05) is 13.8 Å². The van der Waals surface area contributed by atoms with Crippen molar-refractivity contribution in [2.24, 2.45) is 5.92 Å². The van der Waals surface area contributed by atoms with Crippen molar-refractivity contribution in [3.05, 3.63) is 0 Å². The molecule has 50 valence electrons. The van der Waals surface area contributed by atoms with Crippen molar-refractivity contribution >= 4 is 19.8 Å². The first-order valence-electron chi connectivity index (χ1n) is 3.31. The van der Waals surface area contributed by atoms with Crippen LogP contribution in [0.3, 0.4) is 0 Å². The van der Waals surface area contributed by atoms with E-state index in [0.717, 1.165) is 5.92 Å². The van der Waals surface area contributed by atoms with Crippen LogP contribution in [0.1, 0.15) is 19.8 Å². The molecule has 0 atom stereocenters. The molecule has 0 aromatic rings. The molecule has 0 unspecified atom stereocenters. The van der Waals surface area contributed by atoms with Crippen LogP contribution in [0, 0.1) is 5.92 Å². The van der Waals surface area contributed by atoms with Gasteiger partial charge in [-0.25, -0.2) is 0 Å². The van der Waals surface area contributed by atoms with E-state index in [1.807, 2.05) is 0 Å². The SMILES string of the molecule is CC1CCI(C)CC1. The maximum atomic E-state index is 2.52. The minimum atomic E-state index is -0.281. The van der Waals surface area contributed by atoms with Crippen LogP contribution in [0.5, 0.6) is 0 Å². The fraction of sp³-hybridized carbons (Fsp3) is 1.00. The first kappa shape index (κ1) is 6.84. The van der Waals surface area contributed by atoms with E-state index >= 15 is 0 Å². The molecular formula is C7H15I. The van der Waals surface area contributed by atoms with E-state index in [1.165, 1.54) is 0 Å². The second-order valence-electron chi connectivity index (χ2n) is 2.78. The molecular weight excluding hydrogens is 211 g/mol. The molecule has 0 aromatic carbocycles. The van der Waals surface area contributed by atoms with Crippen LogP contribution in [-0.2, 0) is 0 Å². The molecule has 1 aliphatic rings. The number of hydrogen-bond donors (Lipinski definition) is 0. The Hall–Kier alpha value is 0.730. The van der Waals surface area contributed by atoms with Crippen LogP contribution in [-0.4, -0.2) is 13.8 Å². The molecule has 1 aliphatic heterocycles. The summed E-state index contributed by atoms with van der Waals surface area (Å²) in [5.41, 5.74) is 0. The fourth-order valence-electron chi connectivity index (χ4n) is 0.984. The van der Waals surface area contributed by atoms with E-state index < -0.39 is 0 Å². The molecule has 0 aromatic heterocycles. The van der Waals surface area contributed by atoms with Gasteiger partial charge in [0.2, 0.25) is 0 Å². The molecule has 0 bridgehead atoms. The molecule has 0 amide bonds. The first-order chi connectivity index (χ1) is 3.79. The van der Waals surface area contributed by atoms with Crippen LogP contribution < -0.4 is 0 Å². The van der Waals surface area contributed by atoms with Gasteiger partial charge in [-0.05, 0) is 0 Å². The van der Waals surface area contributed by atoms with Crippen molar-refractivity contribution in [1.82, 2.24) is 0 Å². The molecule has 0 radical (unpaired) electrons. The number of rotatable bonds is 0. The zero-order chi connectivity index (χ0) is 5.98. The quantitative estimate of drug-likeness (QED) is 0.440. The summed E-state index contributed by atoms with van der Waals surface area (Å²) < 4.78 is 3.26. The van der Waals surface area contributed by atoms with E-state index in [-0.39, 0.29) is 19.8 Å². The molecule has 1 heterocycles. The summed E-state index contributed by atoms with van der Waals surface area (Å²) in [6, 6.07) is 0. The Morgan fingerprint density at radius 1 is 1.25 bits per heavy atom. The summed E-state index contributed by atoms with van der Waals surface area (Å²) >= 11 is -0.281. The molecule has 8 heavy (non-hydrogen) atoms. The monoisotopic (exact) mass is 226 g/mol. The van der Waals surface area contributed by atoms with Crippen molar-refractivity contribution < 1.29 is 0 Å². The summed E-state index contributed by atoms with van der Waals surface area (Å²) in [6.45, 7) is 2.39. The van der Waals surface area contributed by atoms with Gasteiger partial charge < -0.3 is 0 Å². The van der Waals surface area contributed by atoms with Gasteiger partial charge in [0.25, 0.3) is 0 Å². The number of hydrogen-bond acceptors (Lipinski definition) is 0. The molecule has 1 heteroatoms. The van der Waals surface area contributed by atoms with Gasteiger partial charge in [0, 0.05) is 0 Å².